The maximum atomic E-state index is 5.93. The summed E-state index contributed by atoms with van der Waals surface area (Å²) in [7, 11) is 0. The summed E-state index contributed by atoms with van der Waals surface area (Å²) in [5.74, 6) is 0.655. The molecular formula is C9H14Cl2O. The first-order valence-electron chi connectivity index (χ1n) is 4.15. The van der Waals surface area contributed by atoms with Crippen molar-refractivity contribution in [1.82, 2.24) is 0 Å². The molecule has 1 aliphatic rings. The third-order valence-corrected chi connectivity index (χ3v) is 3.10. The van der Waals surface area contributed by atoms with E-state index in [9.17, 15) is 0 Å². The third kappa shape index (κ3) is 2.65. The van der Waals surface area contributed by atoms with Crippen molar-refractivity contribution in [2.24, 2.45) is 5.41 Å². The van der Waals surface area contributed by atoms with Crippen LogP contribution >= 0.6 is 23.2 Å². The van der Waals surface area contributed by atoms with Crippen LogP contribution in [0.2, 0.25) is 0 Å². The maximum absolute atomic E-state index is 5.93. The average molecular weight is 209 g/mol. The van der Waals surface area contributed by atoms with Crippen LogP contribution in [0.1, 0.15) is 19.3 Å². The van der Waals surface area contributed by atoms with E-state index < -0.39 is 0 Å². The average Bonchev–Trinajstić information content (AvgIpc) is 2.05. The van der Waals surface area contributed by atoms with Gasteiger partial charge >= 0.3 is 0 Å². The molecule has 0 atom stereocenters. The van der Waals surface area contributed by atoms with Crippen molar-refractivity contribution >= 4 is 23.2 Å². The van der Waals surface area contributed by atoms with Gasteiger partial charge in [0.05, 0.1) is 0 Å². The molecule has 1 saturated heterocycles. The number of halogens is 2. The molecule has 0 saturated carbocycles. The Hall–Kier alpha value is 0.280. The third-order valence-electron chi connectivity index (χ3n) is 2.40. The van der Waals surface area contributed by atoms with E-state index in [0.29, 0.717) is 10.9 Å². The topological polar surface area (TPSA) is 9.23 Å². The molecule has 0 aliphatic carbocycles. The molecule has 1 rings (SSSR count). The molecule has 0 radical (unpaired) electrons. The standard InChI is InChI=1S/C9H14Cl2O/c1-8(11)6-9(7-10)2-4-12-5-3-9/h1-7H2. The number of ether oxygens (including phenoxy) is 1. The van der Waals surface area contributed by atoms with Crippen molar-refractivity contribution < 1.29 is 4.74 Å². The predicted octanol–water partition coefficient (Wildman–Crippen LogP) is 3.16. The highest BCUT2D eigenvalue weighted by atomic mass is 35.5. The van der Waals surface area contributed by atoms with Crippen LogP contribution < -0.4 is 0 Å². The summed E-state index contributed by atoms with van der Waals surface area (Å²) in [5.41, 5.74) is 0.151. The minimum absolute atomic E-state index is 0.151. The smallest absolute Gasteiger partial charge is 0.0471 e. The van der Waals surface area contributed by atoms with Gasteiger partial charge in [0.1, 0.15) is 0 Å². The van der Waals surface area contributed by atoms with Gasteiger partial charge in [-0.2, -0.15) is 0 Å². The molecular weight excluding hydrogens is 195 g/mol. The molecule has 70 valence electrons. The van der Waals surface area contributed by atoms with Gasteiger partial charge in [0.2, 0.25) is 0 Å². The van der Waals surface area contributed by atoms with Crippen LogP contribution in [0.25, 0.3) is 0 Å². The molecule has 3 heteroatoms. The Labute approximate surface area is 83.7 Å². The van der Waals surface area contributed by atoms with Crippen LogP contribution in [0.5, 0.6) is 0 Å². The van der Waals surface area contributed by atoms with Gasteiger partial charge in [-0.25, -0.2) is 0 Å². The largest absolute Gasteiger partial charge is 0.381 e. The number of allylic oxidation sites excluding steroid dienone is 1. The predicted molar refractivity (Wildman–Crippen MR) is 52.8 cm³/mol. The molecule has 0 unspecified atom stereocenters. The quantitative estimate of drug-likeness (QED) is 0.648. The fourth-order valence-electron chi connectivity index (χ4n) is 1.57. The van der Waals surface area contributed by atoms with Gasteiger partial charge in [0.15, 0.2) is 0 Å². The molecule has 12 heavy (non-hydrogen) atoms. The lowest BCUT2D eigenvalue weighted by Gasteiger charge is -2.35. The van der Waals surface area contributed by atoms with Gasteiger partial charge < -0.3 is 4.74 Å². The van der Waals surface area contributed by atoms with E-state index >= 15 is 0 Å². The summed E-state index contributed by atoms with van der Waals surface area (Å²) in [4.78, 5) is 0. The second kappa shape index (κ2) is 4.50. The molecule has 1 aliphatic heterocycles. The molecule has 0 aromatic rings. The van der Waals surface area contributed by atoms with Crippen LogP contribution in [0.3, 0.4) is 0 Å². The zero-order chi connectivity index (χ0) is 9.03. The zero-order valence-electron chi connectivity index (χ0n) is 7.11. The van der Waals surface area contributed by atoms with Crippen molar-refractivity contribution in [3.63, 3.8) is 0 Å². The van der Waals surface area contributed by atoms with Gasteiger partial charge in [-0.15, -0.1) is 11.6 Å². The van der Waals surface area contributed by atoms with E-state index in [1.165, 1.54) is 0 Å². The summed E-state index contributed by atoms with van der Waals surface area (Å²) in [6, 6.07) is 0. The van der Waals surface area contributed by atoms with E-state index in [4.69, 9.17) is 27.9 Å². The van der Waals surface area contributed by atoms with E-state index in [-0.39, 0.29) is 5.41 Å². The van der Waals surface area contributed by atoms with Gasteiger partial charge in [0.25, 0.3) is 0 Å². The summed E-state index contributed by atoms with van der Waals surface area (Å²) in [5, 5.41) is 0.706. The minimum atomic E-state index is 0.151. The monoisotopic (exact) mass is 208 g/mol. The highest BCUT2D eigenvalue weighted by Crippen LogP contribution is 2.38. The van der Waals surface area contributed by atoms with Crippen LogP contribution in [0.15, 0.2) is 11.6 Å². The van der Waals surface area contributed by atoms with E-state index in [1.54, 1.807) is 0 Å². The maximum Gasteiger partial charge on any atom is 0.0471 e. The van der Waals surface area contributed by atoms with Crippen molar-refractivity contribution in [2.75, 3.05) is 19.1 Å². The Kier molecular flexibility index (Phi) is 3.88. The van der Waals surface area contributed by atoms with Crippen LogP contribution in [-0.4, -0.2) is 19.1 Å². The van der Waals surface area contributed by atoms with Gasteiger partial charge in [-0.05, 0) is 24.7 Å². The molecule has 0 aromatic carbocycles. The normalized spacial score (nSPS) is 22.2. The first-order valence-corrected chi connectivity index (χ1v) is 5.07. The molecule has 0 bridgehead atoms. The number of rotatable bonds is 3. The number of hydrogen-bond acceptors (Lipinski definition) is 1. The summed E-state index contributed by atoms with van der Waals surface area (Å²) >= 11 is 11.7. The Morgan fingerprint density at radius 2 is 2.00 bits per heavy atom. The molecule has 1 fully saturated rings. The summed E-state index contributed by atoms with van der Waals surface area (Å²) in [6.45, 7) is 5.31. The van der Waals surface area contributed by atoms with Gasteiger partial charge in [-0.1, -0.05) is 18.2 Å². The second-order valence-electron chi connectivity index (χ2n) is 3.44. The molecule has 0 N–H and O–H groups in total. The Balaban J connectivity index is 2.53. The Morgan fingerprint density at radius 1 is 1.42 bits per heavy atom. The lowest BCUT2D eigenvalue weighted by atomic mass is 9.79. The molecule has 0 spiro atoms. The highest BCUT2D eigenvalue weighted by molar-refractivity contribution is 6.29. The first-order chi connectivity index (χ1) is 5.68. The van der Waals surface area contributed by atoms with Crippen molar-refractivity contribution in [1.29, 1.82) is 0 Å². The minimum Gasteiger partial charge on any atom is -0.381 e. The fraction of sp³-hybridized carbons (Fsp3) is 0.778. The van der Waals surface area contributed by atoms with Crippen molar-refractivity contribution in [3.8, 4) is 0 Å². The fourth-order valence-corrected chi connectivity index (χ4v) is 2.21. The first kappa shape index (κ1) is 10.4. The SMILES string of the molecule is C=C(Cl)CC1(CCl)CCOCC1. The van der Waals surface area contributed by atoms with Gasteiger partial charge in [-0.3, -0.25) is 0 Å². The zero-order valence-corrected chi connectivity index (χ0v) is 8.63. The molecule has 0 amide bonds. The van der Waals surface area contributed by atoms with Crippen molar-refractivity contribution in [3.05, 3.63) is 11.6 Å². The summed E-state index contributed by atoms with van der Waals surface area (Å²) < 4.78 is 5.28. The molecule has 0 aromatic heterocycles. The second-order valence-corrected chi connectivity index (χ2v) is 4.24. The van der Waals surface area contributed by atoms with Gasteiger partial charge in [0, 0.05) is 24.1 Å². The van der Waals surface area contributed by atoms with E-state index in [2.05, 4.69) is 6.58 Å². The number of hydrogen-bond donors (Lipinski definition) is 0. The van der Waals surface area contributed by atoms with Crippen LogP contribution in [-0.2, 0) is 4.74 Å². The van der Waals surface area contributed by atoms with E-state index in [0.717, 1.165) is 32.5 Å². The van der Waals surface area contributed by atoms with Crippen molar-refractivity contribution in [2.45, 2.75) is 19.3 Å². The molecule has 1 heterocycles. The highest BCUT2D eigenvalue weighted by Gasteiger charge is 2.31. The lowest BCUT2D eigenvalue weighted by molar-refractivity contribution is 0.0266. The van der Waals surface area contributed by atoms with E-state index in [1.807, 2.05) is 0 Å². The van der Waals surface area contributed by atoms with Crippen LogP contribution in [0, 0.1) is 5.41 Å². The number of alkyl halides is 1. The Morgan fingerprint density at radius 3 is 2.42 bits per heavy atom. The summed E-state index contributed by atoms with van der Waals surface area (Å²) in [6.07, 6.45) is 2.83. The van der Waals surface area contributed by atoms with Crippen LogP contribution in [0.4, 0.5) is 0 Å². The lowest BCUT2D eigenvalue weighted by Crippen LogP contribution is -2.31. The Bertz CT molecular complexity index is 162. The molecule has 1 nitrogen and oxygen atoms in total.